The van der Waals surface area contributed by atoms with Gasteiger partial charge in [0.1, 0.15) is 0 Å². The molecule has 1 aromatic heterocycles. The zero-order valence-corrected chi connectivity index (χ0v) is 11.8. The monoisotopic (exact) mass is 300 g/mol. The molecule has 0 aliphatic carbocycles. The van der Waals surface area contributed by atoms with E-state index in [0.29, 0.717) is 0 Å². The van der Waals surface area contributed by atoms with E-state index >= 15 is 0 Å². The van der Waals surface area contributed by atoms with Gasteiger partial charge in [0, 0.05) is 5.56 Å². The lowest BCUT2D eigenvalue weighted by Gasteiger charge is -2.24. The summed E-state index contributed by atoms with van der Waals surface area (Å²) in [5, 5.41) is 13.5. The third-order valence-electron chi connectivity index (χ3n) is 3.08. The normalized spacial score (nSPS) is 13.5. The van der Waals surface area contributed by atoms with E-state index in [0.717, 1.165) is 12.1 Å². The number of benzene rings is 1. The Labute approximate surface area is 119 Å². The van der Waals surface area contributed by atoms with Gasteiger partial charge in [0.2, 0.25) is 11.7 Å². The molecule has 1 aromatic carbocycles. The van der Waals surface area contributed by atoms with E-state index in [-0.39, 0.29) is 29.1 Å². The first-order chi connectivity index (χ1) is 9.68. The Morgan fingerprint density at radius 2 is 1.76 bits per heavy atom. The van der Waals surface area contributed by atoms with Crippen LogP contribution in [0.3, 0.4) is 0 Å². The largest absolute Gasteiger partial charge is 0.392 e. The van der Waals surface area contributed by atoms with Crippen molar-refractivity contribution < 1.29 is 22.8 Å². The third-order valence-corrected chi connectivity index (χ3v) is 3.08. The van der Waals surface area contributed by atoms with Crippen molar-refractivity contribution in [1.82, 2.24) is 10.1 Å². The molecular weight excluding hydrogens is 285 g/mol. The second-order valence-corrected chi connectivity index (χ2v) is 5.85. The minimum absolute atomic E-state index is 0.0355. The fourth-order valence-corrected chi connectivity index (χ4v) is 1.61. The van der Waals surface area contributed by atoms with Crippen molar-refractivity contribution in [2.45, 2.75) is 33.3 Å². The van der Waals surface area contributed by atoms with Gasteiger partial charge >= 0.3 is 0 Å². The van der Waals surface area contributed by atoms with E-state index in [1.165, 1.54) is 0 Å². The van der Waals surface area contributed by atoms with Gasteiger partial charge in [-0.2, -0.15) is 4.98 Å². The predicted molar refractivity (Wildman–Crippen MR) is 68.8 cm³/mol. The highest BCUT2D eigenvalue weighted by atomic mass is 19.2. The average molecular weight is 300 g/mol. The highest BCUT2D eigenvalue weighted by Crippen LogP contribution is 2.24. The molecule has 0 spiro atoms. The van der Waals surface area contributed by atoms with Gasteiger partial charge in [0.15, 0.2) is 17.5 Å². The molecule has 4 nitrogen and oxygen atoms in total. The molecule has 1 N–H and O–H groups in total. The Bertz CT molecular complexity index is 627. The van der Waals surface area contributed by atoms with Crippen LogP contribution in [0.25, 0.3) is 11.4 Å². The molecule has 2 rings (SSSR count). The summed E-state index contributed by atoms with van der Waals surface area (Å²) in [6.07, 6.45) is -0.602. The van der Waals surface area contributed by atoms with E-state index in [9.17, 15) is 18.3 Å². The minimum atomic E-state index is -1.55. The maximum Gasteiger partial charge on any atom is 0.229 e. The maximum atomic E-state index is 13.2. The summed E-state index contributed by atoms with van der Waals surface area (Å²) in [6.45, 7) is 5.54. The maximum absolute atomic E-state index is 13.2. The highest BCUT2D eigenvalue weighted by molar-refractivity contribution is 5.54. The lowest BCUT2D eigenvalue weighted by atomic mass is 9.87. The number of nitrogens with zero attached hydrogens (tertiary/aromatic N) is 2. The van der Waals surface area contributed by atoms with Gasteiger partial charge in [0.05, 0.1) is 12.5 Å². The fourth-order valence-electron chi connectivity index (χ4n) is 1.61. The zero-order valence-electron chi connectivity index (χ0n) is 11.8. The van der Waals surface area contributed by atoms with E-state index in [2.05, 4.69) is 10.1 Å². The van der Waals surface area contributed by atoms with Crippen LogP contribution in [0.15, 0.2) is 16.7 Å². The molecule has 0 bridgehead atoms. The van der Waals surface area contributed by atoms with Crippen LogP contribution in [0.5, 0.6) is 0 Å². The van der Waals surface area contributed by atoms with Crippen molar-refractivity contribution in [3.05, 3.63) is 35.5 Å². The quantitative estimate of drug-likeness (QED) is 0.885. The smallest absolute Gasteiger partial charge is 0.229 e. The number of aliphatic hydroxyl groups excluding tert-OH is 1. The van der Waals surface area contributed by atoms with Crippen molar-refractivity contribution in [3.63, 3.8) is 0 Å². The Hall–Kier alpha value is -1.89. The summed E-state index contributed by atoms with van der Waals surface area (Å²) in [7, 11) is 0. The van der Waals surface area contributed by atoms with Crippen LogP contribution in [-0.4, -0.2) is 21.4 Å². The number of hydrogen-bond acceptors (Lipinski definition) is 4. The van der Waals surface area contributed by atoms with Crippen molar-refractivity contribution in [1.29, 1.82) is 0 Å². The molecule has 21 heavy (non-hydrogen) atoms. The molecule has 0 fully saturated rings. The van der Waals surface area contributed by atoms with Crippen LogP contribution < -0.4 is 0 Å². The first kappa shape index (κ1) is 15.5. The van der Waals surface area contributed by atoms with Gasteiger partial charge in [-0.3, -0.25) is 0 Å². The molecule has 1 heterocycles. The molecule has 2 aromatic rings. The average Bonchev–Trinajstić information content (AvgIpc) is 2.82. The second-order valence-electron chi connectivity index (χ2n) is 5.85. The highest BCUT2D eigenvalue weighted by Gasteiger charge is 2.25. The van der Waals surface area contributed by atoms with Crippen LogP contribution in [0, 0.1) is 22.9 Å². The Morgan fingerprint density at radius 3 is 2.29 bits per heavy atom. The Kier molecular flexibility index (Phi) is 4.04. The van der Waals surface area contributed by atoms with Crippen molar-refractivity contribution in [2.75, 3.05) is 0 Å². The third kappa shape index (κ3) is 3.41. The molecule has 1 atom stereocenters. The molecular formula is C14H15F3N2O2. The number of aliphatic hydroxyl groups is 1. The van der Waals surface area contributed by atoms with Gasteiger partial charge in [-0.05, 0) is 17.5 Å². The Balaban J connectivity index is 2.24. The fraction of sp³-hybridized carbons (Fsp3) is 0.429. The number of aromatic nitrogens is 2. The molecule has 0 aliphatic heterocycles. The van der Waals surface area contributed by atoms with Gasteiger partial charge in [-0.1, -0.05) is 25.9 Å². The number of halogens is 3. The van der Waals surface area contributed by atoms with Gasteiger partial charge in [-0.15, -0.1) is 0 Å². The lowest BCUT2D eigenvalue weighted by molar-refractivity contribution is 0.0565. The van der Waals surface area contributed by atoms with Gasteiger partial charge in [-0.25, -0.2) is 13.2 Å². The first-order valence-electron chi connectivity index (χ1n) is 6.34. The van der Waals surface area contributed by atoms with Gasteiger partial charge in [0.25, 0.3) is 0 Å². The summed E-state index contributed by atoms with van der Waals surface area (Å²) in [5.74, 6) is -4.13. The van der Waals surface area contributed by atoms with E-state index < -0.39 is 23.6 Å². The molecule has 114 valence electrons. The summed E-state index contributed by atoms with van der Waals surface area (Å²) in [4.78, 5) is 3.95. The molecule has 7 heteroatoms. The molecule has 0 aliphatic rings. The second kappa shape index (κ2) is 5.48. The molecule has 0 amide bonds. The minimum Gasteiger partial charge on any atom is -0.392 e. The topological polar surface area (TPSA) is 59.2 Å². The number of hydrogen-bond donors (Lipinski definition) is 1. The van der Waals surface area contributed by atoms with Gasteiger partial charge < -0.3 is 9.63 Å². The Morgan fingerprint density at radius 1 is 1.19 bits per heavy atom. The summed E-state index contributed by atoms with van der Waals surface area (Å²) in [6, 6.07) is 1.57. The lowest BCUT2D eigenvalue weighted by Crippen LogP contribution is -2.28. The van der Waals surface area contributed by atoms with Crippen molar-refractivity contribution in [3.8, 4) is 11.4 Å². The van der Waals surface area contributed by atoms with Crippen LogP contribution in [0.4, 0.5) is 13.2 Å². The van der Waals surface area contributed by atoms with Crippen LogP contribution in [0.1, 0.15) is 26.7 Å². The molecule has 0 saturated carbocycles. The zero-order chi connectivity index (χ0) is 15.8. The van der Waals surface area contributed by atoms with Crippen LogP contribution >= 0.6 is 0 Å². The van der Waals surface area contributed by atoms with Crippen molar-refractivity contribution in [2.24, 2.45) is 5.41 Å². The molecule has 0 saturated heterocycles. The predicted octanol–water partition coefficient (Wildman–Crippen LogP) is 3.10. The molecule has 1 unspecified atom stereocenters. The first-order valence-corrected chi connectivity index (χ1v) is 6.34. The van der Waals surface area contributed by atoms with E-state index in [4.69, 9.17) is 4.52 Å². The standard InChI is InChI=1S/C14H15F3N2O2/c1-14(2,3)10(20)6-11-18-13(19-21-11)7-4-8(15)12(17)9(16)5-7/h4-5,10,20H,6H2,1-3H3. The van der Waals surface area contributed by atoms with E-state index in [1.807, 2.05) is 20.8 Å². The summed E-state index contributed by atoms with van der Waals surface area (Å²) >= 11 is 0. The molecule has 0 radical (unpaired) electrons. The van der Waals surface area contributed by atoms with Crippen molar-refractivity contribution >= 4 is 0 Å². The SMILES string of the molecule is CC(C)(C)C(O)Cc1nc(-c2cc(F)c(F)c(F)c2)no1. The summed E-state index contributed by atoms with van der Waals surface area (Å²) in [5.41, 5.74) is -0.408. The van der Waals surface area contributed by atoms with Crippen LogP contribution in [0.2, 0.25) is 0 Å². The number of rotatable bonds is 3. The summed E-state index contributed by atoms with van der Waals surface area (Å²) < 4.78 is 44.1. The van der Waals surface area contributed by atoms with E-state index in [1.54, 1.807) is 0 Å². The van der Waals surface area contributed by atoms with Crippen LogP contribution in [-0.2, 0) is 6.42 Å².